The lowest BCUT2D eigenvalue weighted by atomic mass is 9.88. The molecule has 2 aromatic rings. The van der Waals surface area contributed by atoms with Crippen LogP contribution in [0.5, 0.6) is 0 Å². The van der Waals surface area contributed by atoms with Crippen molar-refractivity contribution in [1.82, 2.24) is 20.3 Å². The zero-order valence-electron chi connectivity index (χ0n) is 13.3. The third kappa shape index (κ3) is 2.84. The normalized spacial score (nSPS) is 16.7. The summed E-state index contributed by atoms with van der Waals surface area (Å²) >= 11 is 0. The first kappa shape index (κ1) is 15.3. The van der Waals surface area contributed by atoms with E-state index in [-0.39, 0.29) is 17.5 Å². The van der Waals surface area contributed by atoms with Crippen LogP contribution in [0.4, 0.5) is 5.69 Å². The third-order valence-corrected chi connectivity index (χ3v) is 4.02. The number of nitrogens with zero attached hydrogens (tertiary/aromatic N) is 3. The highest BCUT2D eigenvalue weighted by molar-refractivity contribution is 6.08. The highest BCUT2D eigenvalue weighted by atomic mass is 16.5. The number of hydrogen-bond donors (Lipinski definition) is 2. The number of carbonyl (C=O) groups is 2. The maximum absolute atomic E-state index is 12.5. The Kier molecular flexibility index (Phi) is 3.89. The van der Waals surface area contributed by atoms with Crippen LogP contribution in [0.15, 0.2) is 10.7 Å². The summed E-state index contributed by atoms with van der Waals surface area (Å²) in [6, 6.07) is 0. The lowest BCUT2D eigenvalue weighted by molar-refractivity contribution is 0.0958. The number of anilines is 1. The first-order valence-corrected chi connectivity index (χ1v) is 7.54. The van der Waals surface area contributed by atoms with E-state index in [1.165, 1.54) is 11.7 Å². The van der Waals surface area contributed by atoms with Crippen LogP contribution in [0.3, 0.4) is 0 Å². The van der Waals surface area contributed by atoms with Gasteiger partial charge in [0.1, 0.15) is 5.76 Å². The average molecular weight is 317 g/mol. The lowest BCUT2D eigenvalue weighted by Crippen LogP contribution is -2.22. The van der Waals surface area contributed by atoms with E-state index >= 15 is 0 Å². The first-order valence-electron chi connectivity index (χ1n) is 7.54. The Morgan fingerprint density at radius 2 is 2.13 bits per heavy atom. The minimum absolute atomic E-state index is 0.161. The van der Waals surface area contributed by atoms with Crippen LogP contribution in [0.25, 0.3) is 0 Å². The number of aryl methyl sites for hydroxylation is 2. The summed E-state index contributed by atoms with van der Waals surface area (Å²) in [5.74, 6) is 0.526. The Labute approximate surface area is 133 Å². The molecule has 23 heavy (non-hydrogen) atoms. The van der Waals surface area contributed by atoms with Gasteiger partial charge in [0.15, 0.2) is 11.4 Å². The van der Waals surface area contributed by atoms with Crippen molar-refractivity contribution in [2.75, 3.05) is 12.4 Å². The number of aromatic nitrogens is 3. The van der Waals surface area contributed by atoms with Crippen molar-refractivity contribution in [3.63, 3.8) is 0 Å². The number of rotatable bonds is 3. The molecule has 8 heteroatoms. The van der Waals surface area contributed by atoms with Gasteiger partial charge in [-0.3, -0.25) is 14.3 Å². The maximum atomic E-state index is 12.5. The Bertz CT molecular complexity index is 761. The van der Waals surface area contributed by atoms with Crippen molar-refractivity contribution in [2.24, 2.45) is 13.0 Å². The van der Waals surface area contributed by atoms with E-state index in [0.717, 1.165) is 30.6 Å². The van der Waals surface area contributed by atoms with Gasteiger partial charge in [-0.05, 0) is 18.8 Å². The molecule has 3 rings (SSSR count). The number of hydrogen-bond acceptors (Lipinski definition) is 5. The fourth-order valence-corrected chi connectivity index (χ4v) is 2.80. The molecule has 0 unspecified atom stereocenters. The molecule has 1 aliphatic carbocycles. The van der Waals surface area contributed by atoms with Crippen molar-refractivity contribution >= 4 is 17.5 Å². The van der Waals surface area contributed by atoms with Crippen LogP contribution < -0.4 is 10.6 Å². The van der Waals surface area contributed by atoms with Gasteiger partial charge in [-0.2, -0.15) is 5.10 Å². The Morgan fingerprint density at radius 1 is 1.35 bits per heavy atom. The van der Waals surface area contributed by atoms with Crippen molar-refractivity contribution < 1.29 is 14.1 Å². The van der Waals surface area contributed by atoms with Crippen molar-refractivity contribution in [3.8, 4) is 0 Å². The van der Waals surface area contributed by atoms with E-state index < -0.39 is 0 Å². The molecular weight excluding hydrogens is 298 g/mol. The largest absolute Gasteiger partial charge is 0.360 e. The Balaban J connectivity index is 1.86. The second kappa shape index (κ2) is 5.86. The smallest absolute Gasteiger partial charge is 0.278 e. The molecule has 0 saturated heterocycles. The molecule has 8 nitrogen and oxygen atoms in total. The standard InChI is InChI=1S/C15H19N5O3/c1-8-4-5-11-9(6-8)12(19-23-11)15(22)17-10-7-20(3)18-13(10)14(21)16-2/h7-8H,4-6H2,1-3H3,(H,16,21)(H,17,22)/t8-/m1/s1. The van der Waals surface area contributed by atoms with Gasteiger partial charge in [-0.1, -0.05) is 12.1 Å². The average Bonchev–Trinajstić information content (AvgIpc) is 3.09. The molecule has 2 aromatic heterocycles. The Morgan fingerprint density at radius 3 is 2.87 bits per heavy atom. The predicted octanol–water partition coefficient (Wildman–Crippen LogP) is 1.14. The van der Waals surface area contributed by atoms with Crippen molar-refractivity contribution in [3.05, 3.63) is 28.9 Å². The molecule has 0 saturated carbocycles. The number of carbonyl (C=O) groups excluding carboxylic acids is 2. The van der Waals surface area contributed by atoms with Crippen molar-refractivity contribution in [1.29, 1.82) is 0 Å². The van der Waals surface area contributed by atoms with Crippen molar-refractivity contribution in [2.45, 2.75) is 26.2 Å². The second-order valence-electron chi connectivity index (χ2n) is 5.88. The fourth-order valence-electron chi connectivity index (χ4n) is 2.80. The summed E-state index contributed by atoms with van der Waals surface area (Å²) in [5.41, 5.74) is 1.66. The van der Waals surface area contributed by atoms with Crippen LogP contribution >= 0.6 is 0 Å². The van der Waals surface area contributed by atoms with Crippen LogP contribution in [0.2, 0.25) is 0 Å². The predicted molar refractivity (Wildman–Crippen MR) is 82.2 cm³/mol. The van der Waals surface area contributed by atoms with E-state index in [9.17, 15) is 9.59 Å². The number of amides is 2. The summed E-state index contributed by atoms with van der Waals surface area (Å²) in [6.45, 7) is 2.14. The van der Waals surface area contributed by atoms with Gasteiger partial charge in [0.25, 0.3) is 11.8 Å². The van der Waals surface area contributed by atoms with Crippen LogP contribution in [0.1, 0.15) is 45.6 Å². The maximum Gasteiger partial charge on any atom is 0.278 e. The summed E-state index contributed by atoms with van der Waals surface area (Å²) in [7, 11) is 3.19. The summed E-state index contributed by atoms with van der Waals surface area (Å²) in [4.78, 5) is 24.3. The molecule has 122 valence electrons. The minimum atomic E-state index is -0.387. The topological polar surface area (TPSA) is 102 Å². The second-order valence-corrected chi connectivity index (χ2v) is 5.88. The molecule has 1 aliphatic rings. The highest BCUT2D eigenvalue weighted by Crippen LogP contribution is 2.28. The van der Waals surface area contributed by atoms with Gasteiger partial charge in [0, 0.05) is 32.3 Å². The zero-order valence-corrected chi connectivity index (χ0v) is 13.3. The monoisotopic (exact) mass is 317 g/mol. The van der Waals surface area contributed by atoms with Gasteiger partial charge in [-0.15, -0.1) is 0 Å². The molecule has 2 N–H and O–H groups in total. The molecule has 0 spiro atoms. The lowest BCUT2D eigenvalue weighted by Gasteiger charge is -2.16. The van der Waals surface area contributed by atoms with Crippen LogP contribution in [-0.4, -0.2) is 33.8 Å². The molecule has 2 amide bonds. The number of fused-ring (bicyclic) bond motifs is 1. The third-order valence-electron chi connectivity index (χ3n) is 4.02. The van der Waals surface area contributed by atoms with Gasteiger partial charge in [0.05, 0.1) is 5.69 Å². The molecule has 0 radical (unpaired) electrons. The van der Waals surface area contributed by atoms with E-state index in [1.54, 1.807) is 13.2 Å². The summed E-state index contributed by atoms with van der Waals surface area (Å²) in [5, 5.41) is 13.2. The van der Waals surface area contributed by atoms with E-state index in [2.05, 4.69) is 27.8 Å². The van der Waals surface area contributed by atoms with Crippen LogP contribution in [0, 0.1) is 5.92 Å². The van der Waals surface area contributed by atoms with Gasteiger partial charge < -0.3 is 15.2 Å². The molecule has 0 fully saturated rings. The highest BCUT2D eigenvalue weighted by Gasteiger charge is 2.28. The zero-order chi connectivity index (χ0) is 16.6. The summed E-state index contributed by atoms with van der Waals surface area (Å²) < 4.78 is 6.76. The van der Waals surface area contributed by atoms with Gasteiger partial charge >= 0.3 is 0 Å². The molecule has 0 aromatic carbocycles. The van der Waals surface area contributed by atoms with Crippen LogP contribution in [-0.2, 0) is 19.9 Å². The van der Waals surface area contributed by atoms with E-state index in [1.807, 2.05) is 0 Å². The van der Waals surface area contributed by atoms with E-state index in [0.29, 0.717) is 17.3 Å². The minimum Gasteiger partial charge on any atom is -0.360 e. The van der Waals surface area contributed by atoms with Gasteiger partial charge in [-0.25, -0.2) is 0 Å². The summed E-state index contributed by atoms with van der Waals surface area (Å²) in [6.07, 6.45) is 4.19. The molecule has 2 heterocycles. The molecule has 0 bridgehead atoms. The molecular formula is C15H19N5O3. The van der Waals surface area contributed by atoms with Gasteiger partial charge in [0.2, 0.25) is 0 Å². The first-order chi connectivity index (χ1) is 11.0. The fraction of sp³-hybridized carbons (Fsp3) is 0.467. The number of nitrogens with one attached hydrogen (secondary N) is 2. The molecule has 1 atom stereocenters. The quantitative estimate of drug-likeness (QED) is 0.884. The van der Waals surface area contributed by atoms with E-state index in [4.69, 9.17) is 4.52 Å². The molecule has 0 aliphatic heterocycles. The Hall–Kier alpha value is -2.64. The SMILES string of the molecule is CNC(=O)c1nn(C)cc1NC(=O)c1noc2c1C[C@H](C)CC2.